The van der Waals surface area contributed by atoms with E-state index in [9.17, 15) is 9.59 Å². The highest BCUT2D eigenvalue weighted by molar-refractivity contribution is 9.11. The number of carbonyl (C=O) groups is 2. The Morgan fingerprint density at radius 2 is 2.14 bits per heavy atom. The molecule has 120 valence electrons. The molecule has 0 saturated carbocycles. The van der Waals surface area contributed by atoms with Crippen molar-refractivity contribution in [2.45, 2.75) is 44.3 Å². The lowest BCUT2D eigenvalue weighted by molar-refractivity contribution is -0.133. The van der Waals surface area contributed by atoms with E-state index in [0.717, 1.165) is 29.7 Å². The van der Waals surface area contributed by atoms with E-state index in [4.69, 9.17) is 0 Å². The van der Waals surface area contributed by atoms with Crippen LogP contribution in [-0.4, -0.2) is 47.9 Å². The lowest BCUT2D eigenvalue weighted by atomic mass is 10.1. The fourth-order valence-electron chi connectivity index (χ4n) is 3.18. The third kappa shape index (κ3) is 3.52. The highest BCUT2D eigenvalue weighted by Crippen LogP contribution is 2.23. The van der Waals surface area contributed by atoms with Crippen LogP contribution in [0.4, 0.5) is 0 Å². The fourth-order valence-corrected chi connectivity index (χ4v) is 4.47. The molecule has 2 bridgehead atoms. The number of halogens is 1. The Hall–Kier alpha value is -0.920. The topological polar surface area (TPSA) is 61.4 Å². The van der Waals surface area contributed by atoms with E-state index in [-0.39, 0.29) is 11.8 Å². The molecule has 2 amide bonds. The van der Waals surface area contributed by atoms with Gasteiger partial charge in [-0.3, -0.25) is 9.59 Å². The highest BCUT2D eigenvalue weighted by atomic mass is 79.9. The number of nitrogens with one attached hydrogen (secondary N) is 2. The smallest absolute Gasteiger partial charge is 0.262 e. The minimum absolute atomic E-state index is 0.0123. The summed E-state index contributed by atoms with van der Waals surface area (Å²) in [6.45, 7) is 3.29. The summed E-state index contributed by atoms with van der Waals surface area (Å²) < 4.78 is 0.909. The van der Waals surface area contributed by atoms with Gasteiger partial charge < -0.3 is 15.5 Å². The predicted octanol–water partition coefficient (Wildman–Crippen LogP) is 1.98. The molecule has 0 aromatic carbocycles. The van der Waals surface area contributed by atoms with Gasteiger partial charge in [-0.2, -0.15) is 0 Å². The van der Waals surface area contributed by atoms with Crippen molar-refractivity contribution in [1.82, 2.24) is 15.5 Å². The Morgan fingerprint density at radius 3 is 2.86 bits per heavy atom. The average molecular weight is 386 g/mol. The largest absolute Gasteiger partial charge is 0.340 e. The maximum absolute atomic E-state index is 12.6. The Kier molecular flexibility index (Phi) is 4.84. The Balaban J connectivity index is 1.58. The molecule has 3 atom stereocenters. The van der Waals surface area contributed by atoms with E-state index in [1.807, 2.05) is 11.0 Å². The van der Waals surface area contributed by atoms with Crippen molar-refractivity contribution in [2.24, 2.45) is 0 Å². The van der Waals surface area contributed by atoms with Gasteiger partial charge in [-0.05, 0) is 54.2 Å². The standard InChI is InChI=1S/C15H20BrN3O2S/c1-9(17-14(20)12-4-5-13(16)22-12)15(21)19-7-6-10-2-3-11(8-19)18-10/h4-5,9-11,18H,2-3,6-8H2,1H3,(H,17,20). The molecule has 2 saturated heterocycles. The van der Waals surface area contributed by atoms with Crippen molar-refractivity contribution >= 4 is 39.1 Å². The van der Waals surface area contributed by atoms with Gasteiger partial charge in [-0.15, -0.1) is 11.3 Å². The average Bonchev–Trinajstić information content (AvgIpc) is 3.04. The zero-order chi connectivity index (χ0) is 15.7. The summed E-state index contributed by atoms with van der Waals surface area (Å²) in [5, 5.41) is 6.37. The lowest BCUT2D eigenvalue weighted by Crippen LogP contribution is -2.49. The van der Waals surface area contributed by atoms with E-state index < -0.39 is 6.04 Å². The zero-order valence-electron chi connectivity index (χ0n) is 12.5. The van der Waals surface area contributed by atoms with Crippen LogP contribution in [0.3, 0.4) is 0 Å². The van der Waals surface area contributed by atoms with Crippen LogP contribution < -0.4 is 10.6 Å². The molecular formula is C15H20BrN3O2S. The van der Waals surface area contributed by atoms with Crippen LogP contribution in [0, 0.1) is 0 Å². The number of hydrogen-bond donors (Lipinski definition) is 2. The molecule has 2 aliphatic heterocycles. The first kappa shape index (κ1) is 16.0. The molecule has 5 nitrogen and oxygen atoms in total. The van der Waals surface area contributed by atoms with Crippen molar-refractivity contribution < 1.29 is 9.59 Å². The summed E-state index contributed by atoms with van der Waals surface area (Å²) in [6, 6.07) is 4.06. The summed E-state index contributed by atoms with van der Waals surface area (Å²) >= 11 is 4.71. The second-order valence-corrected chi connectivity index (χ2v) is 8.47. The molecule has 0 radical (unpaired) electrons. The number of hydrogen-bond acceptors (Lipinski definition) is 4. The minimum Gasteiger partial charge on any atom is -0.340 e. The fraction of sp³-hybridized carbons (Fsp3) is 0.600. The van der Waals surface area contributed by atoms with E-state index in [1.165, 1.54) is 17.8 Å². The first-order valence-corrected chi connectivity index (χ1v) is 9.25. The van der Waals surface area contributed by atoms with Crippen LogP contribution >= 0.6 is 27.3 Å². The predicted molar refractivity (Wildman–Crippen MR) is 90.1 cm³/mol. The van der Waals surface area contributed by atoms with Crippen molar-refractivity contribution in [3.8, 4) is 0 Å². The van der Waals surface area contributed by atoms with Crippen molar-refractivity contribution in [1.29, 1.82) is 0 Å². The molecule has 2 aliphatic rings. The normalized spacial score (nSPS) is 25.6. The SMILES string of the molecule is CC(NC(=O)c1ccc(Br)s1)C(=O)N1CCC2CCC(C1)N2. The molecule has 2 N–H and O–H groups in total. The van der Waals surface area contributed by atoms with Gasteiger partial charge in [0.2, 0.25) is 5.91 Å². The van der Waals surface area contributed by atoms with Gasteiger partial charge in [0.25, 0.3) is 5.91 Å². The van der Waals surface area contributed by atoms with Crippen LogP contribution in [-0.2, 0) is 4.79 Å². The van der Waals surface area contributed by atoms with Gasteiger partial charge in [-0.1, -0.05) is 0 Å². The van der Waals surface area contributed by atoms with E-state index >= 15 is 0 Å². The van der Waals surface area contributed by atoms with Gasteiger partial charge in [0.05, 0.1) is 8.66 Å². The molecule has 1 aromatic heterocycles. The van der Waals surface area contributed by atoms with Gasteiger partial charge in [0.15, 0.2) is 0 Å². The number of carbonyl (C=O) groups excluding carboxylic acids is 2. The van der Waals surface area contributed by atoms with Crippen molar-refractivity contribution in [3.05, 3.63) is 20.8 Å². The number of fused-ring (bicyclic) bond motifs is 2. The molecule has 2 fully saturated rings. The molecule has 1 aromatic rings. The molecule has 22 heavy (non-hydrogen) atoms. The van der Waals surface area contributed by atoms with Crippen LogP contribution in [0.15, 0.2) is 15.9 Å². The maximum Gasteiger partial charge on any atom is 0.262 e. The number of rotatable bonds is 3. The van der Waals surface area contributed by atoms with Crippen LogP contribution in [0.1, 0.15) is 35.9 Å². The molecule has 0 aliphatic carbocycles. The first-order chi connectivity index (χ1) is 10.5. The van der Waals surface area contributed by atoms with Gasteiger partial charge in [0, 0.05) is 25.2 Å². The van der Waals surface area contributed by atoms with E-state index in [2.05, 4.69) is 26.6 Å². The summed E-state index contributed by atoms with van der Waals surface area (Å²) in [6.07, 6.45) is 3.35. The Labute approximate surface area is 142 Å². The van der Waals surface area contributed by atoms with Gasteiger partial charge >= 0.3 is 0 Å². The summed E-state index contributed by atoms with van der Waals surface area (Å²) in [5.74, 6) is -0.177. The highest BCUT2D eigenvalue weighted by Gasteiger charge is 2.32. The zero-order valence-corrected chi connectivity index (χ0v) is 14.9. The second-order valence-electron chi connectivity index (χ2n) is 6.01. The lowest BCUT2D eigenvalue weighted by Gasteiger charge is -2.27. The molecule has 3 heterocycles. The Morgan fingerprint density at radius 1 is 1.36 bits per heavy atom. The molecule has 7 heteroatoms. The number of nitrogens with zero attached hydrogens (tertiary/aromatic N) is 1. The van der Waals surface area contributed by atoms with E-state index in [0.29, 0.717) is 17.0 Å². The second kappa shape index (κ2) is 6.68. The maximum atomic E-state index is 12.6. The molecule has 0 spiro atoms. The van der Waals surface area contributed by atoms with E-state index in [1.54, 1.807) is 13.0 Å². The third-order valence-corrected chi connectivity index (χ3v) is 5.97. The van der Waals surface area contributed by atoms with Crippen LogP contribution in [0.5, 0.6) is 0 Å². The number of likely N-dealkylation sites (tertiary alicyclic amines) is 1. The van der Waals surface area contributed by atoms with Crippen LogP contribution in [0.2, 0.25) is 0 Å². The minimum atomic E-state index is -0.495. The number of thiophene rings is 1. The molecule has 3 unspecified atom stereocenters. The van der Waals surface area contributed by atoms with Crippen molar-refractivity contribution in [3.63, 3.8) is 0 Å². The molecule has 3 rings (SSSR count). The summed E-state index contributed by atoms with van der Waals surface area (Å²) in [7, 11) is 0. The van der Waals surface area contributed by atoms with Crippen molar-refractivity contribution in [2.75, 3.05) is 13.1 Å². The number of amides is 2. The monoisotopic (exact) mass is 385 g/mol. The van der Waals surface area contributed by atoms with Crippen LogP contribution in [0.25, 0.3) is 0 Å². The van der Waals surface area contributed by atoms with Gasteiger partial charge in [0.1, 0.15) is 6.04 Å². The summed E-state index contributed by atoms with van der Waals surface area (Å²) in [4.78, 5) is 27.2. The Bertz CT molecular complexity index is 577. The third-order valence-electron chi connectivity index (χ3n) is 4.35. The summed E-state index contributed by atoms with van der Waals surface area (Å²) in [5.41, 5.74) is 0. The van der Waals surface area contributed by atoms with Gasteiger partial charge in [-0.25, -0.2) is 0 Å². The molecular weight excluding hydrogens is 366 g/mol. The first-order valence-electron chi connectivity index (χ1n) is 7.64. The quantitative estimate of drug-likeness (QED) is 0.835.